The highest BCUT2D eigenvalue weighted by Gasteiger charge is 2.35. The summed E-state index contributed by atoms with van der Waals surface area (Å²) in [4.78, 5) is 31.7. The third-order valence-electron chi connectivity index (χ3n) is 5.65. The maximum Gasteiger partial charge on any atom is 0.281 e. The Morgan fingerprint density at radius 1 is 1.10 bits per heavy atom. The number of nitrogens with one attached hydrogen (secondary N) is 1. The van der Waals surface area contributed by atoms with Crippen LogP contribution in [0.5, 0.6) is 0 Å². The molecule has 1 aromatic carbocycles. The maximum absolute atomic E-state index is 13.5. The Bertz CT molecular complexity index is 1460. The van der Waals surface area contributed by atoms with E-state index in [1.54, 1.807) is 17.0 Å². The van der Waals surface area contributed by atoms with Crippen molar-refractivity contribution in [3.63, 3.8) is 0 Å². The minimum atomic E-state index is -0.144. The van der Waals surface area contributed by atoms with E-state index in [0.717, 1.165) is 35.7 Å². The molecule has 0 saturated carbocycles. The molecule has 6 rings (SSSR count). The van der Waals surface area contributed by atoms with Crippen LogP contribution in [0, 0.1) is 0 Å². The SMILES string of the molecule is O=c1c2c(Cl)ccn2cc([C@@H]2CCN2c2ncnc3nc[nH]c23)n1-c1ccccc1.S. The highest BCUT2D eigenvalue weighted by atomic mass is 35.5. The van der Waals surface area contributed by atoms with Gasteiger partial charge in [0.15, 0.2) is 11.5 Å². The van der Waals surface area contributed by atoms with E-state index in [4.69, 9.17) is 11.6 Å². The maximum atomic E-state index is 13.5. The zero-order chi connectivity index (χ0) is 20.2. The summed E-state index contributed by atoms with van der Waals surface area (Å²) in [5, 5.41) is 0.441. The Balaban J connectivity index is 0.00000204. The van der Waals surface area contributed by atoms with Gasteiger partial charge in [0.05, 0.1) is 23.1 Å². The number of imidazole rings is 1. The smallest absolute Gasteiger partial charge is 0.281 e. The second-order valence-electron chi connectivity index (χ2n) is 7.25. The molecule has 0 aliphatic carbocycles. The van der Waals surface area contributed by atoms with Gasteiger partial charge in [-0.25, -0.2) is 15.0 Å². The lowest BCUT2D eigenvalue weighted by Crippen LogP contribution is -2.44. The molecule has 0 unspecified atom stereocenters. The van der Waals surface area contributed by atoms with Gasteiger partial charge < -0.3 is 14.3 Å². The molecule has 0 spiro atoms. The summed E-state index contributed by atoms with van der Waals surface area (Å²) in [6, 6.07) is 11.4. The van der Waals surface area contributed by atoms with Gasteiger partial charge in [-0.15, -0.1) is 0 Å². The van der Waals surface area contributed by atoms with Crippen LogP contribution in [0.1, 0.15) is 18.2 Å². The Labute approximate surface area is 188 Å². The molecule has 1 saturated heterocycles. The quantitative estimate of drug-likeness (QED) is 0.454. The van der Waals surface area contributed by atoms with Crippen LogP contribution in [-0.2, 0) is 0 Å². The topological polar surface area (TPSA) is 84.1 Å². The third-order valence-corrected chi connectivity index (χ3v) is 5.96. The number of benzene rings is 1. The minimum Gasteiger partial charge on any atom is -0.346 e. The molecule has 0 amide bonds. The van der Waals surface area contributed by atoms with Crippen molar-refractivity contribution in [2.24, 2.45) is 0 Å². The highest BCUT2D eigenvalue weighted by molar-refractivity contribution is 7.59. The lowest BCUT2D eigenvalue weighted by molar-refractivity contribution is 0.442. The number of H-pyrrole nitrogens is 1. The molecule has 1 fully saturated rings. The molecular formula is C21H18ClN7OS. The van der Waals surface area contributed by atoms with Gasteiger partial charge in [-0.3, -0.25) is 9.36 Å². The number of aromatic nitrogens is 6. The van der Waals surface area contributed by atoms with Gasteiger partial charge in [-0.2, -0.15) is 13.5 Å². The van der Waals surface area contributed by atoms with Crippen LogP contribution < -0.4 is 10.5 Å². The van der Waals surface area contributed by atoms with Crippen LogP contribution in [0.15, 0.2) is 66.2 Å². The summed E-state index contributed by atoms with van der Waals surface area (Å²) in [5.41, 5.74) is 3.42. The number of fused-ring (bicyclic) bond motifs is 2. The normalized spacial score (nSPS) is 15.8. The number of hydrogen-bond acceptors (Lipinski definition) is 5. The van der Waals surface area contributed by atoms with Crippen molar-refractivity contribution in [1.82, 2.24) is 28.9 Å². The van der Waals surface area contributed by atoms with Gasteiger partial charge in [-0.05, 0) is 24.6 Å². The van der Waals surface area contributed by atoms with Crippen molar-refractivity contribution >= 4 is 47.6 Å². The molecule has 156 valence electrons. The number of rotatable bonds is 3. The first-order chi connectivity index (χ1) is 14.7. The van der Waals surface area contributed by atoms with Gasteiger partial charge >= 0.3 is 0 Å². The fraction of sp³-hybridized carbons (Fsp3) is 0.143. The first-order valence-corrected chi connectivity index (χ1v) is 9.98. The number of halogens is 1. The second-order valence-corrected chi connectivity index (χ2v) is 7.65. The average Bonchev–Trinajstić information content (AvgIpc) is 3.35. The van der Waals surface area contributed by atoms with Crippen molar-refractivity contribution in [3.8, 4) is 5.69 Å². The Morgan fingerprint density at radius 2 is 1.94 bits per heavy atom. The molecule has 1 aliphatic rings. The number of anilines is 1. The van der Waals surface area contributed by atoms with Crippen molar-refractivity contribution in [2.45, 2.75) is 12.5 Å². The molecule has 1 N–H and O–H groups in total. The molecule has 0 bridgehead atoms. The molecule has 10 heteroatoms. The van der Waals surface area contributed by atoms with E-state index in [9.17, 15) is 4.79 Å². The molecule has 8 nitrogen and oxygen atoms in total. The molecule has 0 radical (unpaired) electrons. The first kappa shape index (κ1) is 19.7. The van der Waals surface area contributed by atoms with Crippen LogP contribution in [-0.4, -0.2) is 35.4 Å². The van der Waals surface area contributed by atoms with E-state index < -0.39 is 0 Å². The lowest BCUT2D eigenvalue weighted by atomic mass is 9.99. The lowest BCUT2D eigenvalue weighted by Gasteiger charge is -2.42. The number of hydrogen-bond donors (Lipinski definition) is 1. The summed E-state index contributed by atoms with van der Waals surface area (Å²) >= 11 is 6.32. The fourth-order valence-electron chi connectivity index (χ4n) is 4.16. The van der Waals surface area contributed by atoms with Crippen molar-refractivity contribution in [1.29, 1.82) is 0 Å². The van der Waals surface area contributed by atoms with E-state index in [-0.39, 0.29) is 25.1 Å². The zero-order valence-corrected chi connectivity index (χ0v) is 18.0. The van der Waals surface area contributed by atoms with Crippen LogP contribution >= 0.6 is 25.1 Å². The van der Waals surface area contributed by atoms with E-state index in [0.29, 0.717) is 16.2 Å². The minimum absolute atomic E-state index is 0. The monoisotopic (exact) mass is 451 g/mol. The number of aromatic amines is 1. The molecule has 1 atom stereocenters. The van der Waals surface area contributed by atoms with Crippen LogP contribution in [0.2, 0.25) is 5.02 Å². The van der Waals surface area contributed by atoms with Gasteiger partial charge in [0.1, 0.15) is 17.4 Å². The fourth-order valence-corrected chi connectivity index (χ4v) is 4.40. The van der Waals surface area contributed by atoms with E-state index in [1.807, 2.05) is 47.1 Å². The van der Waals surface area contributed by atoms with E-state index >= 15 is 0 Å². The highest BCUT2D eigenvalue weighted by Crippen LogP contribution is 2.39. The molecule has 5 aromatic rings. The predicted molar refractivity (Wildman–Crippen MR) is 125 cm³/mol. The van der Waals surface area contributed by atoms with Crippen molar-refractivity contribution < 1.29 is 0 Å². The standard InChI is InChI=1S/C21H16ClN7O.H2S/c22-14-6-8-27-10-16(29(21(30)18(14)27)13-4-2-1-3-5-13)15-7-9-28(15)20-17-19(24-11-23-17)25-12-26-20;/h1-6,8,10-12,15H,7,9H2,(H,23,24,25,26);1H2/t15-;/m0./s1. The third kappa shape index (κ3) is 2.92. The Morgan fingerprint density at radius 3 is 2.71 bits per heavy atom. The van der Waals surface area contributed by atoms with Gasteiger partial charge in [0.25, 0.3) is 5.56 Å². The summed E-state index contributed by atoms with van der Waals surface area (Å²) < 4.78 is 3.56. The molecule has 31 heavy (non-hydrogen) atoms. The Hall–Kier alpha value is -3.30. The van der Waals surface area contributed by atoms with Crippen LogP contribution in [0.3, 0.4) is 0 Å². The zero-order valence-electron chi connectivity index (χ0n) is 16.2. The summed E-state index contributed by atoms with van der Waals surface area (Å²) in [6.45, 7) is 0.823. The largest absolute Gasteiger partial charge is 0.346 e. The second kappa shape index (κ2) is 7.44. The number of nitrogens with zero attached hydrogens (tertiary/aromatic N) is 6. The first-order valence-electron chi connectivity index (χ1n) is 9.60. The summed E-state index contributed by atoms with van der Waals surface area (Å²) in [7, 11) is 0. The predicted octanol–water partition coefficient (Wildman–Crippen LogP) is 3.47. The van der Waals surface area contributed by atoms with E-state index in [2.05, 4.69) is 24.8 Å². The molecule has 1 aliphatic heterocycles. The molecule has 4 aromatic heterocycles. The summed E-state index contributed by atoms with van der Waals surface area (Å²) in [5.74, 6) is 0.784. The van der Waals surface area contributed by atoms with Gasteiger partial charge in [0.2, 0.25) is 0 Å². The van der Waals surface area contributed by atoms with Crippen molar-refractivity contribution in [3.05, 3.63) is 82.5 Å². The van der Waals surface area contributed by atoms with Gasteiger partial charge in [0, 0.05) is 24.6 Å². The van der Waals surface area contributed by atoms with E-state index in [1.165, 1.54) is 6.33 Å². The van der Waals surface area contributed by atoms with Crippen LogP contribution in [0.25, 0.3) is 22.4 Å². The molecular weight excluding hydrogens is 434 g/mol. The Kier molecular flexibility index (Phi) is 4.71. The van der Waals surface area contributed by atoms with Crippen LogP contribution in [0.4, 0.5) is 5.82 Å². The number of para-hydroxylation sites is 1. The average molecular weight is 452 g/mol. The summed E-state index contributed by atoms with van der Waals surface area (Å²) in [6.07, 6.45) is 7.83. The molecule has 5 heterocycles. The van der Waals surface area contributed by atoms with Crippen molar-refractivity contribution in [2.75, 3.05) is 11.4 Å². The van der Waals surface area contributed by atoms with Gasteiger partial charge in [-0.1, -0.05) is 29.8 Å².